The minimum atomic E-state index is -0.412. The number of para-hydroxylation sites is 1. The van der Waals surface area contributed by atoms with Crippen LogP contribution in [0.3, 0.4) is 0 Å². The van der Waals surface area contributed by atoms with Gasteiger partial charge < -0.3 is 13.7 Å². The molecule has 0 amide bonds. The number of aromatic amines is 1. The first-order valence-electron chi connectivity index (χ1n) is 10.3. The van der Waals surface area contributed by atoms with Crippen molar-refractivity contribution in [3.8, 4) is 0 Å². The van der Waals surface area contributed by atoms with Gasteiger partial charge in [-0.1, -0.05) is 17.7 Å². The zero-order valence-electron chi connectivity index (χ0n) is 17.0. The molecule has 0 radical (unpaired) electrons. The van der Waals surface area contributed by atoms with Crippen LogP contribution in [-0.2, 0) is 6.42 Å². The van der Waals surface area contributed by atoms with E-state index in [9.17, 15) is 4.79 Å². The van der Waals surface area contributed by atoms with E-state index in [0.29, 0.717) is 17.7 Å². The maximum absolute atomic E-state index is 11.7. The van der Waals surface area contributed by atoms with Crippen molar-refractivity contribution in [2.24, 2.45) is 0 Å². The number of furan rings is 1. The summed E-state index contributed by atoms with van der Waals surface area (Å²) in [4.78, 5) is 19.3. The molecular weight excluding hydrogens is 402 g/mol. The molecule has 1 N–H and O–H groups in total. The minimum absolute atomic E-state index is 0.358. The lowest BCUT2D eigenvalue weighted by atomic mass is 10.0. The minimum Gasteiger partial charge on any atom is -0.464 e. The van der Waals surface area contributed by atoms with E-state index in [-0.39, 0.29) is 0 Å². The highest BCUT2D eigenvalue weighted by molar-refractivity contribution is 6.31. The average Bonchev–Trinajstić information content (AvgIpc) is 3.29. The van der Waals surface area contributed by atoms with Gasteiger partial charge in [-0.05, 0) is 56.2 Å². The molecule has 0 bridgehead atoms. The van der Waals surface area contributed by atoms with Crippen molar-refractivity contribution in [1.29, 1.82) is 0 Å². The van der Waals surface area contributed by atoms with Crippen LogP contribution < -0.4 is 10.7 Å². The Morgan fingerprint density at radius 1 is 1.17 bits per heavy atom. The molecule has 2 aromatic carbocycles. The molecule has 0 saturated carbocycles. The molecule has 3 heterocycles. The van der Waals surface area contributed by atoms with Crippen LogP contribution in [0, 0.1) is 0 Å². The zero-order valence-corrected chi connectivity index (χ0v) is 17.8. The number of nitrogens with zero attached hydrogens (tertiary/aromatic N) is 2. The SMILES string of the molecule is C[C@@H]1CN(c2cccc3[nH]c(=O)oc23)C[C@H](C)N1CCc1coc2ccc(Cl)cc12. The van der Waals surface area contributed by atoms with E-state index >= 15 is 0 Å². The van der Waals surface area contributed by atoms with Gasteiger partial charge in [0.2, 0.25) is 0 Å². The highest BCUT2D eigenvalue weighted by atomic mass is 35.5. The van der Waals surface area contributed by atoms with Gasteiger partial charge in [-0.2, -0.15) is 0 Å². The quantitative estimate of drug-likeness (QED) is 0.515. The second-order valence-electron chi connectivity index (χ2n) is 8.16. The lowest BCUT2D eigenvalue weighted by Crippen LogP contribution is -2.57. The molecule has 1 fully saturated rings. The Morgan fingerprint density at radius 3 is 2.77 bits per heavy atom. The predicted octanol–water partition coefficient (Wildman–Crippen LogP) is 4.66. The Balaban J connectivity index is 1.33. The molecule has 0 aliphatic carbocycles. The summed E-state index contributed by atoms with van der Waals surface area (Å²) in [6.45, 7) is 7.19. The molecule has 0 unspecified atom stereocenters. The number of H-pyrrole nitrogens is 1. The third-order valence-electron chi connectivity index (χ3n) is 6.12. The first kappa shape index (κ1) is 19.3. The summed E-state index contributed by atoms with van der Waals surface area (Å²) in [5, 5.41) is 1.82. The van der Waals surface area contributed by atoms with Crippen molar-refractivity contribution < 1.29 is 8.83 Å². The molecule has 1 aliphatic heterocycles. The van der Waals surface area contributed by atoms with Gasteiger partial charge in [0.25, 0.3) is 0 Å². The van der Waals surface area contributed by atoms with Crippen LogP contribution in [0.4, 0.5) is 5.69 Å². The van der Waals surface area contributed by atoms with Crippen LogP contribution in [0.25, 0.3) is 22.1 Å². The smallest absolute Gasteiger partial charge is 0.417 e. The van der Waals surface area contributed by atoms with E-state index < -0.39 is 5.76 Å². The molecule has 1 aliphatic rings. The number of benzene rings is 2. The molecule has 7 heteroatoms. The first-order valence-corrected chi connectivity index (χ1v) is 10.7. The molecule has 0 spiro atoms. The van der Waals surface area contributed by atoms with Crippen molar-refractivity contribution >= 4 is 39.4 Å². The van der Waals surface area contributed by atoms with Crippen LogP contribution in [0.1, 0.15) is 19.4 Å². The van der Waals surface area contributed by atoms with Crippen LogP contribution >= 0.6 is 11.6 Å². The second kappa shape index (κ2) is 7.52. The maximum Gasteiger partial charge on any atom is 0.417 e. The number of hydrogen-bond acceptors (Lipinski definition) is 5. The number of nitrogens with one attached hydrogen (secondary N) is 1. The number of anilines is 1. The van der Waals surface area contributed by atoms with Gasteiger partial charge in [-0.25, -0.2) is 4.79 Å². The fraction of sp³-hybridized carbons (Fsp3) is 0.348. The number of fused-ring (bicyclic) bond motifs is 2. The van der Waals surface area contributed by atoms with Crippen LogP contribution in [0.2, 0.25) is 5.02 Å². The Hall–Kier alpha value is -2.70. The molecule has 6 nitrogen and oxygen atoms in total. The van der Waals surface area contributed by atoms with Gasteiger partial charge in [0.1, 0.15) is 5.58 Å². The third-order valence-corrected chi connectivity index (χ3v) is 6.36. The topological polar surface area (TPSA) is 65.6 Å². The van der Waals surface area contributed by atoms with Crippen LogP contribution in [0.15, 0.2) is 56.3 Å². The van der Waals surface area contributed by atoms with E-state index in [1.54, 1.807) is 0 Å². The molecule has 30 heavy (non-hydrogen) atoms. The first-order chi connectivity index (χ1) is 14.5. The standard InChI is InChI=1S/C23H24ClN3O3/c1-14-11-26(20-5-3-4-19-22(20)30-23(28)25-19)12-15(2)27(14)9-8-16-13-29-21-7-6-17(24)10-18(16)21/h3-7,10,13-15H,8-9,11-12H2,1-2H3,(H,25,28)/t14-,15+. The van der Waals surface area contributed by atoms with Gasteiger partial charge in [0.05, 0.1) is 17.5 Å². The summed E-state index contributed by atoms with van der Waals surface area (Å²) in [7, 11) is 0. The van der Waals surface area contributed by atoms with Gasteiger partial charge in [0.15, 0.2) is 5.58 Å². The van der Waals surface area contributed by atoms with Crippen molar-refractivity contribution in [3.63, 3.8) is 0 Å². The summed E-state index contributed by atoms with van der Waals surface area (Å²) in [6.07, 6.45) is 2.76. The van der Waals surface area contributed by atoms with Gasteiger partial charge in [-0.15, -0.1) is 0 Å². The molecule has 2 atom stereocenters. The number of halogens is 1. The predicted molar refractivity (Wildman–Crippen MR) is 120 cm³/mol. The number of rotatable bonds is 4. The van der Waals surface area contributed by atoms with Gasteiger partial charge in [0, 0.05) is 42.1 Å². The van der Waals surface area contributed by atoms with E-state index in [1.165, 1.54) is 5.56 Å². The highest BCUT2D eigenvalue weighted by Crippen LogP contribution is 2.30. The number of piperazine rings is 1. The van der Waals surface area contributed by atoms with E-state index in [4.69, 9.17) is 20.4 Å². The van der Waals surface area contributed by atoms with Crippen molar-refractivity contribution in [3.05, 3.63) is 63.8 Å². The number of aromatic nitrogens is 1. The summed E-state index contributed by atoms with van der Waals surface area (Å²) in [5.41, 5.74) is 4.41. The van der Waals surface area contributed by atoms with E-state index in [2.05, 4.69) is 28.6 Å². The van der Waals surface area contributed by atoms with Crippen molar-refractivity contribution in [2.75, 3.05) is 24.5 Å². The Morgan fingerprint density at radius 2 is 1.97 bits per heavy atom. The monoisotopic (exact) mass is 425 g/mol. The lowest BCUT2D eigenvalue weighted by Gasteiger charge is -2.45. The Kier molecular flexibility index (Phi) is 4.83. The largest absolute Gasteiger partial charge is 0.464 e. The zero-order chi connectivity index (χ0) is 20.8. The second-order valence-corrected chi connectivity index (χ2v) is 8.60. The summed E-state index contributed by atoms with van der Waals surface area (Å²) in [5.74, 6) is -0.412. The fourth-order valence-electron chi connectivity index (χ4n) is 4.70. The van der Waals surface area contributed by atoms with Crippen LogP contribution in [0.5, 0.6) is 0 Å². The molecular formula is C23H24ClN3O3. The van der Waals surface area contributed by atoms with Crippen LogP contribution in [-0.4, -0.2) is 41.6 Å². The van der Waals surface area contributed by atoms with Gasteiger partial charge in [-0.3, -0.25) is 9.88 Å². The Bertz CT molecular complexity index is 1250. The molecule has 5 rings (SSSR count). The molecule has 156 valence electrons. The molecule has 4 aromatic rings. The van der Waals surface area contributed by atoms with Crippen molar-refractivity contribution in [2.45, 2.75) is 32.4 Å². The number of hydrogen-bond donors (Lipinski definition) is 1. The average molecular weight is 426 g/mol. The fourth-order valence-corrected chi connectivity index (χ4v) is 4.87. The number of oxazole rings is 1. The summed E-state index contributed by atoms with van der Waals surface area (Å²) >= 11 is 6.17. The van der Waals surface area contributed by atoms with E-state index in [1.807, 2.05) is 42.7 Å². The van der Waals surface area contributed by atoms with E-state index in [0.717, 1.165) is 53.3 Å². The Labute approximate surface area is 179 Å². The summed E-state index contributed by atoms with van der Waals surface area (Å²) < 4.78 is 11.1. The highest BCUT2D eigenvalue weighted by Gasteiger charge is 2.30. The van der Waals surface area contributed by atoms with Gasteiger partial charge >= 0.3 is 5.76 Å². The molecule has 1 saturated heterocycles. The molecule has 2 aromatic heterocycles. The summed E-state index contributed by atoms with van der Waals surface area (Å²) in [6, 6.07) is 12.3. The normalized spacial score (nSPS) is 20.4. The van der Waals surface area contributed by atoms with Crippen molar-refractivity contribution in [1.82, 2.24) is 9.88 Å². The third kappa shape index (κ3) is 3.40. The lowest BCUT2D eigenvalue weighted by molar-refractivity contribution is 0.133. The maximum atomic E-state index is 11.7.